The van der Waals surface area contributed by atoms with E-state index in [0.717, 1.165) is 12.1 Å². The number of nitro groups is 1. The second-order valence-corrected chi connectivity index (χ2v) is 5.54. The predicted octanol–water partition coefficient (Wildman–Crippen LogP) is 3.40. The highest BCUT2D eigenvalue weighted by atomic mass is 19.2. The molecule has 1 saturated heterocycles. The number of ether oxygens (including phenoxy) is 1. The molecule has 2 atom stereocenters. The Hall–Kier alpha value is -2.74. The lowest BCUT2D eigenvalue weighted by Crippen LogP contribution is -2.24. The molecule has 0 radical (unpaired) electrons. The molecule has 3 rings (SSSR count). The molecule has 0 saturated carbocycles. The van der Waals surface area contributed by atoms with E-state index in [1.54, 1.807) is 0 Å². The van der Waals surface area contributed by atoms with Crippen molar-refractivity contribution in [1.82, 2.24) is 0 Å². The first-order valence-corrected chi connectivity index (χ1v) is 7.32. The number of halogens is 2. The zero-order valence-corrected chi connectivity index (χ0v) is 12.5. The standard InChI is InChI=1S/C16H15F2N3O3/c17-11-3-1-9(7-12(11)18)16-13(5-6-24-16)20-14-8-10(19)2-4-15(14)21(22)23/h1-4,7-8,13,16,20H,5-6,19H2. The van der Waals surface area contributed by atoms with E-state index in [2.05, 4.69) is 5.32 Å². The molecule has 8 heteroatoms. The van der Waals surface area contributed by atoms with E-state index in [9.17, 15) is 18.9 Å². The smallest absolute Gasteiger partial charge is 0.292 e. The van der Waals surface area contributed by atoms with Crippen LogP contribution in [-0.4, -0.2) is 17.6 Å². The lowest BCUT2D eigenvalue weighted by atomic mass is 10.0. The van der Waals surface area contributed by atoms with E-state index in [1.807, 2.05) is 0 Å². The first-order chi connectivity index (χ1) is 11.5. The van der Waals surface area contributed by atoms with Gasteiger partial charge in [0, 0.05) is 18.4 Å². The largest absolute Gasteiger partial charge is 0.399 e. The van der Waals surface area contributed by atoms with Gasteiger partial charge in [-0.1, -0.05) is 6.07 Å². The fourth-order valence-corrected chi connectivity index (χ4v) is 2.78. The van der Waals surface area contributed by atoms with Crippen molar-refractivity contribution < 1.29 is 18.4 Å². The van der Waals surface area contributed by atoms with Crippen LogP contribution in [-0.2, 0) is 4.74 Å². The lowest BCUT2D eigenvalue weighted by molar-refractivity contribution is -0.384. The van der Waals surface area contributed by atoms with Crippen LogP contribution in [0.2, 0.25) is 0 Å². The van der Waals surface area contributed by atoms with Gasteiger partial charge in [-0.3, -0.25) is 10.1 Å². The topological polar surface area (TPSA) is 90.4 Å². The van der Waals surface area contributed by atoms with Crippen LogP contribution in [0.3, 0.4) is 0 Å². The number of benzene rings is 2. The molecule has 24 heavy (non-hydrogen) atoms. The third kappa shape index (κ3) is 3.13. The molecule has 1 aliphatic heterocycles. The average molecular weight is 335 g/mol. The minimum absolute atomic E-state index is 0.111. The molecular formula is C16H15F2N3O3. The first-order valence-electron chi connectivity index (χ1n) is 7.32. The summed E-state index contributed by atoms with van der Waals surface area (Å²) < 4.78 is 32.1. The second kappa shape index (κ2) is 6.40. The number of hydrogen-bond donors (Lipinski definition) is 2. The van der Waals surface area contributed by atoms with Crippen molar-refractivity contribution in [2.75, 3.05) is 17.7 Å². The van der Waals surface area contributed by atoms with E-state index < -0.39 is 22.7 Å². The van der Waals surface area contributed by atoms with Crippen LogP contribution in [0.1, 0.15) is 18.1 Å². The predicted molar refractivity (Wildman–Crippen MR) is 84.6 cm³/mol. The summed E-state index contributed by atoms with van der Waals surface area (Å²) in [7, 11) is 0. The maximum absolute atomic E-state index is 13.5. The number of nitrogens with two attached hydrogens (primary N) is 1. The first kappa shape index (κ1) is 16.1. The molecule has 6 nitrogen and oxygen atoms in total. The molecule has 1 fully saturated rings. The van der Waals surface area contributed by atoms with Gasteiger partial charge >= 0.3 is 0 Å². The summed E-state index contributed by atoms with van der Waals surface area (Å²) in [5, 5.41) is 14.2. The molecule has 2 aromatic carbocycles. The second-order valence-electron chi connectivity index (χ2n) is 5.54. The van der Waals surface area contributed by atoms with Crippen molar-refractivity contribution in [2.24, 2.45) is 0 Å². The molecule has 1 heterocycles. The molecule has 0 amide bonds. The van der Waals surface area contributed by atoms with E-state index in [0.29, 0.717) is 24.3 Å². The van der Waals surface area contributed by atoms with Crippen LogP contribution in [0.15, 0.2) is 36.4 Å². The monoisotopic (exact) mass is 335 g/mol. The number of nitrogens with one attached hydrogen (secondary N) is 1. The Morgan fingerprint density at radius 3 is 2.71 bits per heavy atom. The van der Waals surface area contributed by atoms with Crippen molar-refractivity contribution in [3.05, 3.63) is 63.7 Å². The van der Waals surface area contributed by atoms with Gasteiger partial charge in [-0.05, 0) is 36.2 Å². The van der Waals surface area contributed by atoms with Crippen molar-refractivity contribution in [3.8, 4) is 0 Å². The van der Waals surface area contributed by atoms with Gasteiger partial charge in [0.05, 0.1) is 11.0 Å². The van der Waals surface area contributed by atoms with Gasteiger partial charge in [-0.2, -0.15) is 0 Å². The van der Waals surface area contributed by atoms with Gasteiger partial charge < -0.3 is 15.8 Å². The molecule has 1 aliphatic rings. The zero-order chi connectivity index (χ0) is 17.3. The Labute approximate surface area is 136 Å². The molecule has 0 bridgehead atoms. The van der Waals surface area contributed by atoms with Crippen molar-refractivity contribution >= 4 is 17.1 Å². The van der Waals surface area contributed by atoms with Gasteiger partial charge in [0.2, 0.25) is 0 Å². The Morgan fingerprint density at radius 2 is 2.00 bits per heavy atom. The lowest BCUT2D eigenvalue weighted by Gasteiger charge is -2.21. The molecule has 0 aromatic heterocycles. The third-order valence-corrected chi connectivity index (χ3v) is 3.92. The zero-order valence-electron chi connectivity index (χ0n) is 12.5. The van der Waals surface area contributed by atoms with Gasteiger partial charge in [0.1, 0.15) is 11.8 Å². The van der Waals surface area contributed by atoms with Gasteiger partial charge in [-0.15, -0.1) is 0 Å². The Bertz CT molecular complexity index is 785. The molecule has 2 aromatic rings. The Morgan fingerprint density at radius 1 is 1.21 bits per heavy atom. The van der Waals surface area contributed by atoms with E-state index in [-0.39, 0.29) is 17.4 Å². The number of nitrogens with zero attached hydrogens (tertiary/aromatic N) is 1. The van der Waals surface area contributed by atoms with Crippen LogP contribution < -0.4 is 11.1 Å². The van der Waals surface area contributed by atoms with Crippen LogP contribution >= 0.6 is 0 Å². The maximum Gasteiger partial charge on any atom is 0.292 e. The molecule has 3 N–H and O–H groups in total. The van der Waals surface area contributed by atoms with Crippen molar-refractivity contribution in [2.45, 2.75) is 18.6 Å². The summed E-state index contributed by atoms with van der Waals surface area (Å²) in [6, 6.07) is 7.47. The number of hydrogen-bond acceptors (Lipinski definition) is 5. The van der Waals surface area contributed by atoms with Crippen LogP contribution in [0, 0.1) is 21.7 Å². The Kier molecular flexibility index (Phi) is 4.30. The van der Waals surface area contributed by atoms with Gasteiger partial charge in [0.25, 0.3) is 5.69 Å². The van der Waals surface area contributed by atoms with Gasteiger partial charge in [-0.25, -0.2) is 8.78 Å². The summed E-state index contributed by atoms with van der Waals surface area (Å²) in [6.07, 6.45) is 0.0245. The minimum atomic E-state index is -0.961. The van der Waals surface area contributed by atoms with E-state index >= 15 is 0 Å². The van der Waals surface area contributed by atoms with E-state index in [4.69, 9.17) is 10.5 Å². The van der Waals surface area contributed by atoms with Crippen LogP contribution in [0.5, 0.6) is 0 Å². The number of nitro benzene ring substituents is 1. The highest BCUT2D eigenvalue weighted by Crippen LogP contribution is 2.35. The van der Waals surface area contributed by atoms with Crippen molar-refractivity contribution in [1.29, 1.82) is 0 Å². The molecule has 2 unspecified atom stereocenters. The van der Waals surface area contributed by atoms with E-state index in [1.165, 1.54) is 24.3 Å². The fourth-order valence-electron chi connectivity index (χ4n) is 2.78. The van der Waals surface area contributed by atoms with Crippen LogP contribution in [0.25, 0.3) is 0 Å². The molecule has 0 spiro atoms. The summed E-state index contributed by atoms with van der Waals surface area (Å²) in [5.74, 6) is -1.90. The summed E-state index contributed by atoms with van der Waals surface area (Å²) in [4.78, 5) is 10.6. The quantitative estimate of drug-likeness (QED) is 0.508. The number of nitrogen functional groups attached to an aromatic ring is 1. The number of anilines is 2. The average Bonchev–Trinajstić information content (AvgIpc) is 2.98. The highest BCUT2D eigenvalue weighted by Gasteiger charge is 2.31. The summed E-state index contributed by atoms with van der Waals surface area (Å²) in [6.45, 7) is 0.400. The maximum atomic E-state index is 13.5. The fraction of sp³-hybridized carbons (Fsp3) is 0.250. The molecule has 0 aliphatic carbocycles. The Balaban J connectivity index is 1.88. The van der Waals surface area contributed by atoms with Crippen LogP contribution in [0.4, 0.5) is 25.8 Å². The SMILES string of the molecule is Nc1ccc([N+](=O)[O-])c(NC2CCOC2c2ccc(F)c(F)c2)c1. The normalized spacial score (nSPS) is 20.1. The number of rotatable bonds is 4. The molecular weight excluding hydrogens is 320 g/mol. The highest BCUT2D eigenvalue weighted by molar-refractivity contribution is 5.67. The summed E-state index contributed by atoms with van der Waals surface area (Å²) in [5.41, 5.74) is 6.70. The molecule has 126 valence electrons. The minimum Gasteiger partial charge on any atom is -0.399 e. The van der Waals surface area contributed by atoms with Crippen molar-refractivity contribution in [3.63, 3.8) is 0 Å². The van der Waals surface area contributed by atoms with Gasteiger partial charge in [0.15, 0.2) is 11.6 Å². The third-order valence-electron chi connectivity index (χ3n) is 3.92. The summed E-state index contributed by atoms with van der Waals surface area (Å²) >= 11 is 0.